The van der Waals surface area contributed by atoms with Gasteiger partial charge in [0.05, 0.1) is 5.69 Å². The summed E-state index contributed by atoms with van der Waals surface area (Å²) in [5, 5.41) is 2.40. The lowest BCUT2D eigenvalue weighted by molar-refractivity contribution is 0.102. The molecule has 2 aromatic carbocycles. The predicted molar refractivity (Wildman–Crippen MR) is 78.3 cm³/mol. The number of halogens is 2. The van der Waals surface area contributed by atoms with E-state index in [1.807, 2.05) is 0 Å². The summed E-state index contributed by atoms with van der Waals surface area (Å²) in [5.41, 5.74) is 1.12. The first-order valence-electron chi connectivity index (χ1n) is 6.50. The monoisotopic (exact) mass is 299 g/mol. The average molecular weight is 299 g/mol. The van der Waals surface area contributed by atoms with E-state index in [-0.39, 0.29) is 5.69 Å². The normalized spacial score (nSPS) is 10.5. The van der Waals surface area contributed by atoms with Crippen molar-refractivity contribution < 1.29 is 13.6 Å². The molecule has 0 saturated carbocycles. The minimum absolute atomic E-state index is 0.0680. The highest BCUT2D eigenvalue weighted by Crippen LogP contribution is 2.18. The van der Waals surface area contributed by atoms with Gasteiger partial charge in [-0.25, -0.2) is 13.8 Å². The van der Waals surface area contributed by atoms with Crippen LogP contribution in [-0.4, -0.2) is 15.9 Å². The molecule has 0 atom stereocenters. The number of hydrogen-bond acceptors (Lipinski definition) is 2. The van der Waals surface area contributed by atoms with Crippen molar-refractivity contribution in [3.8, 4) is 11.4 Å². The van der Waals surface area contributed by atoms with E-state index in [1.54, 1.807) is 36.7 Å². The van der Waals surface area contributed by atoms with Crippen molar-refractivity contribution in [2.75, 3.05) is 5.32 Å². The zero-order valence-corrected chi connectivity index (χ0v) is 11.3. The van der Waals surface area contributed by atoms with Crippen LogP contribution in [0.2, 0.25) is 0 Å². The van der Waals surface area contributed by atoms with Crippen molar-refractivity contribution in [1.82, 2.24) is 9.97 Å². The first-order chi connectivity index (χ1) is 10.6. The number of aromatic nitrogens is 2. The Morgan fingerprint density at radius 2 is 1.86 bits per heavy atom. The van der Waals surface area contributed by atoms with Gasteiger partial charge >= 0.3 is 0 Å². The van der Waals surface area contributed by atoms with Crippen LogP contribution in [-0.2, 0) is 0 Å². The van der Waals surface area contributed by atoms with E-state index in [4.69, 9.17) is 0 Å². The Kier molecular flexibility index (Phi) is 3.65. The molecule has 0 aliphatic carbocycles. The van der Waals surface area contributed by atoms with Gasteiger partial charge in [-0.1, -0.05) is 12.1 Å². The molecular formula is C16H11F2N3O. The molecule has 0 unspecified atom stereocenters. The Morgan fingerprint density at radius 3 is 2.50 bits per heavy atom. The molecular weight excluding hydrogens is 288 g/mol. The van der Waals surface area contributed by atoms with E-state index < -0.39 is 17.5 Å². The van der Waals surface area contributed by atoms with Crippen LogP contribution in [0.15, 0.2) is 54.9 Å². The highest BCUT2D eigenvalue weighted by atomic mass is 19.1. The molecule has 3 rings (SSSR count). The smallest absolute Gasteiger partial charge is 0.255 e. The standard InChI is InChI=1S/C16H11F2N3O/c17-12-5-6-14(13(18)9-12)21-16(22)11-3-1-10(2-4-11)15-19-7-8-20-15/h1-9H,(H,19,20)(H,21,22). The fourth-order valence-corrected chi connectivity index (χ4v) is 1.99. The number of anilines is 1. The first-order valence-corrected chi connectivity index (χ1v) is 6.50. The van der Waals surface area contributed by atoms with Crippen molar-refractivity contribution >= 4 is 11.6 Å². The average Bonchev–Trinajstić information content (AvgIpc) is 3.04. The predicted octanol–water partition coefficient (Wildman–Crippen LogP) is 3.61. The van der Waals surface area contributed by atoms with Gasteiger partial charge in [-0.2, -0.15) is 0 Å². The highest BCUT2D eigenvalue weighted by Gasteiger charge is 2.10. The summed E-state index contributed by atoms with van der Waals surface area (Å²) >= 11 is 0. The van der Waals surface area contributed by atoms with Crippen LogP contribution in [0, 0.1) is 11.6 Å². The van der Waals surface area contributed by atoms with Gasteiger partial charge in [-0.05, 0) is 24.3 Å². The Labute approximate surface area is 124 Å². The molecule has 0 radical (unpaired) electrons. The second-order valence-electron chi connectivity index (χ2n) is 4.59. The number of imidazole rings is 1. The van der Waals surface area contributed by atoms with E-state index in [2.05, 4.69) is 15.3 Å². The van der Waals surface area contributed by atoms with Crippen molar-refractivity contribution in [2.45, 2.75) is 0 Å². The zero-order valence-electron chi connectivity index (χ0n) is 11.3. The van der Waals surface area contributed by atoms with Crippen LogP contribution in [0.5, 0.6) is 0 Å². The molecule has 1 aromatic heterocycles. The molecule has 22 heavy (non-hydrogen) atoms. The van der Waals surface area contributed by atoms with E-state index in [9.17, 15) is 13.6 Å². The lowest BCUT2D eigenvalue weighted by atomic mass is 10.1. The maximum Gasteiger partial charge on any atom is 0.255 e. The van der Waals surface area contributed by atoms with Crippen LogP contribution in [0.3, 0.4) is 0 Å². The number of nitrogens with zero attached hydrogens (tertiary/aromatic N) is 1. The molecule has 4 nitrogen and oxygen atoms in total. The Morgan fingerprint density at radius 1 is 1.09 bits per heavy atom. The molecule has 0 spiro atoms. The van der Waals surface area contributed by atoms with Gasteiger partial charge in [-0.15, -0.1) is 0 Å². The Hall–Kier alpha value is -3.02. The Balaban J connectivity index is 1.77. The molecule has 6 heteroatoms. The number of amides is 1. The van der Waals surface area contributed by atoms with Gasteiger partial charge in [-0.3, -0.25) is 4.79 Å². The summed E-state index contributed by atoms with van der Waals surface area (Å²) < 4.78 is 26.3. The largest absolute Gasteiger partial charge is 0.345 e. The van der Waals surface area contributed by atoms with Gasteiger partial charge in [0.2, 0.25) is 0 Å². The fourth-order valence-electron chi connectivity index (χ4n) is 1.99. The highest BCUT2D eigenvalue weighted by molar-refractivity contribution is 6.04. The van der Waals surface area contributed by atoms with Gasteiger partial charge in [0, 0.05) is 29.6 Å². The third-order valence-corrected chi connectivity index (χ3v) is 3.10. The van der Waals surface area contributed by atoms with E-state index >= 15 is 0 Å². The second-order valence-corrected chi connectivity index (χ2v) is 4.59. The molecule has 3 aromatic rings. The topological polar surface area (TPSA) is 57.8 Å². The molecule has 1 amide bonds. The SMILES string of the molecule is O=C(Nc1ccc(F)cc1F)c1ccc(-c2ncc[nH]2)cc1. The van der Waals surface area contributed by atoms with E-state index in [0.29, 0.717) is 11.4 Å². The van der Waals surface area contributed by atoms with Crippen molar-refractivity contribution in [3.05, 3.63) is 72.1 Å². The van der Waals surface area contributed by atoms with Crippen LogP contribution >= 0.6 is 0 Å². The molecule has 0 fully saturated rings. The quantitative estimate of drug-likeness (QED) is 0.776. The molecule has 0 aliphatic rings. The lowest BCUT2D eigenvalue weighted by Crippen LogP contribution is -2.13. The number of hydrogen-bond donors (Lipinski definition) is 2. The summed E-state index contributed by atoms with van der Waals surface area (Å²) in [6.07, 6.45) is 3.33. The van der Waals surface area contributed by atoms with Gasteiger partial charge < -0.3 is 10.3 Å². The molecule has 0 aliphatic heterocycles. The third kappa shape index (κ3) is 2.85. The number of benzene rings is 2. The molecule has 0 saturated heterocycles. The summed E-state index contributed by atoms with van der Waals surface area (Å²) in [6, 6.07) is 9.65. The fraction of sp³-hybridized carbons (Fsp3) is 0. The van der Waals surface area contributed by atoms with Crippen LogP contribution < -0.4 is 5.32 Å². The molecule has 2 N–H and O–H groups in total. The van der Waals surface area contributed by atoms with Gasteiger partial charge in [0.1, 0.15) is 17.5 Å². The number of H-pyrrole nitrogens is 1. The van der Waals surface area contributed by atoms with Crippen LogP contribution in [0.4, 0.5) is 14.5 Å². The van der Waals surface area contributed by atoms with Gasteiger partial charge in [0.15, 0.2) is 0 Å². The van der Waals surface area contributed by atoms with Gasteiger partial charge in [0.25, 0.3) is 5.91 Å². The number of nitrogens with one attached hydrogen (secondary N) is 2. The molecule has 1 heterocycles. The summed E-state index contributed by atoms with van der Waals surface area (Å²) in [5.74, 6) is -1.30. The minimum Gasteiger partial charge on any atom is -0.345 e. The second kappa shape index (κ2) is 5.77. The summed E-state index contributed by atoms with van der Waals surface area (Å²) in [7, 11) is 0. The van der Waals surface area contributed by atoms with Crippen molar-refractivity contribution in [3.63, 3.8) is 0 Å². The zero-order chi connectivity index (χ0) is 15.5. The summed E-state index contributed by atoms with van der Waals surface area (Å²) in [6.45, 7) is 0. The van der Waals surface area contributed by atoms with Crippen molar-refractivity contribution in [2.24, 2.45) is 0 Å². The van der Waals surface area contributed by atoms with Crippen molar-refractivity contribution in [1.29, 1.82) is 0 Å². The lowest BCUT2D eigenvalue weighted by Gasteiger charge is -2.07. The number of aromatic amines is 1. The summed E-state index contributed by atoms with van der Waals surface area (Å²) in [4.78, 5) is 19.1. The van der Waals surface area contributed by atoms with Crippen LogP contribution in [0.1, 0.15) is 10.4 Å². The van der Waals surface area contributed by atoms with E-state index in [1.165, 1.54) is 6.07 Å². The maximum absolute atomic E-state index is 13.5. The maximum atomic E-state index is 13.5. The number of carbonyl (C=O) groups excluding carboxylic acids is 1. The number of carbonyl (C=O) groups is 1. The Bertz CT molecular complexity index is 799. The third-order valence-electron chi connectivity index (χ3n) is 3.10. The van der Waals surface area contributed by atoms with Crippen LogP contribution in [0.25, 0.3) is 11.4 Å². The first kappa shape index (κ1) is 13.9. The number of rotatable bonds is 3. The van der Waals surface area contributed by atoms with E-state index in [0.717, 1.165) is 17.7 Å². The minimum atomic E-state index is -0.819. The molecule has 110 valence electrons. The molecule has 0 bridgehead atoms.